The van der Waals surface area contributed by atoms with Gasteiger partial charge in [-0.25, -0.2) is 0 Å². The highest BCUT2D eigenvalue weighted by Crippen LogP contribution is 2.40. The predicted molar refractivity (Wildman–Crippen MR) is 97.1 cm³/mol. The van der Waals surface area contributed by atoms with Crippen LogP contribution in [0.1, 0.15) is 65.5 Å². The molecule has 1 aromatic carbocycles. The van der Waals surface area contributed by atoms with Crippen molar-refractivity contribution >= 4 is 11.6 Å². The fourth-order valence-electron chi connectivity index (χ4n) is 3.18. The van der Waals surface area contributed by atoms with E-state index in [2.05, 4.69) is 53.7 Å². The van der Waals surface area contributed by atoms with E-state index in [0.717, 1.165) is 30.6 Å². The molecule has 1 rings (SSSR count). The van der Waals surface area contributed by atoms with Gasteiger partial charge in [-0.15, -0.1) is 0 Å². The lowest BCUT2D eigenvalue weighted by molar-refractivity contribution is 0.283. The van der Waals surface area contributed by atoms with Crippen LogP contribution < -0.4 is 10.5 Å². The Bertz CT molecular complexity index is 489. The van der Waals surface area contributed by atoms with Gasteiger partial charge in [0.1, 0.15) is 5.75 Å². The monoisotopic (exact) mass is 325 g/mol. The molecule has 0 bridgehead atoms. The van der Waals surface area contributed by atoms with Gasteiger partial charge in [0.25, 0.3) is 0 Å². The Morgan fingerprint density at radius 2 is 1.77 bits per heavy atom. The lowest BCUT2D eigenvalue weighted by Gasteiger charge is -2.33. The normalized spacial score (nSPS) is 12.5. The lowest BCUT2D eigenvalue weighted by Crippen LogP contribution is -2.25. The van der Waals surface area contributed by atoms with Gasteiger partial charge >= 0.3 is 0 Å². The third-order valence-electron chi connectivity index (χ3n) is 3.74. The van der Waals surface area contributed by atoms with E-state index in [-0.39, 0.29) is 10.8 Å². The summed E-state index contributed by atoms with van der Waals surface area (Å²) >= 11 is 6.52. The van der Waals surface area contributed by atoms with Gasteiger partial charge < -0.3 is 10.5 Å². The van der Waals surface area contributed by atoms with E-state index < -0.39 is 0 Å². The van der Waals surface area contributed by atoms with E-state index in [4.69, 9.17) is 22.1 Å². The average Bonchev–Trinajstić information content (AvgIpc) is 2.35. The fraction of sp³-hybridized carbons (Fsp3) is 0.684. The van der Waals surface area contributed by atoms with E-state index in [1.165, 1.54) is 5.56 Å². The molecule has 0 atom stereocenters. The highest BCUT2D eigenvalue weighted by molar-refractivity contribution is 6.32. The molecule has 22 heavy (non-hydrogen) atoms. The van der Waals surface area contributed by atoms with Gasteiger partial charge in [0.2, 0.25) is 0 Å². The molecule has 0 radical (unpaired) electrons. The Balaban J connectivity index is 3.22. The molecule has 0 saturated heterocycles. The predicted octanol–water partition coefficient (Wildman–Crippen LogP) is 5.34. The Morgan fingerprint density at radius 1 is 1.14 bits per heavy atom. The third kappa shape index (κ3) is 5.48. The maximum absolute atomic E-state index is 6.52. The first-order valence-electron chi connectivity index (χ1n) is 8.26. The van der Waals surface area contributed by atoms with E-state index in [1.807, 2.05) is 0 Å². The van der Waals surface area contributed by atoms with Crippen molar-refractivity contribution < 1.29 is 4.74 Å². The Morgan fingerprint density at radius 3 is 2.27 bits per heavy atom. The van der Waals surface area contributed by atoms with E-state index >= 15 is 0 Å². The smallest absolute Gasteiger partial charge is 0.141 e. The molecule has 3 heteroatoms. The van der Waals surface area contributed by atoms with Crippen LogP contribution in [0, 0.1) is 5.41 Å². The van der Waals surface area contributed by atoms with Crippen LogP contribution >= 0.6 is 11.6 Å². The van der Waals surface area contributed by atoms with E-state index in [9.17, 15) is 0 Å². The van der Waals surface area contributed by atoms with Gasteiger partial charge in [-0.3, -0.25) is 0 Å². The molecule has 0 saturated carbocycles. The molecule has 0 aromatic heterocycles. The second-order valence-electron chi connectivity index (χ2n) is 7.95. The summed E-state index contributed by atoms with van der Waals surface area (Å²) < 4.78 is 5.85. The first-order chi connectivity index (χ1) is 10.1. The third-order valence-corrected chi connectivity index (χ3v) is 4.02. The van der Waals surface area contributed by atoms with Gasteiger partial charge in [-0.05, 0) is 53.8 Å². The number of benzene rings is 1. The number of halogens is 1. The fourth-order valence-corrected chi connectivity index (χ4v) is 3.47. The first-order valence-corrected chi connectivity index (χ1v) is 8.64. The van der Waals surface area contributed by atoms with Crippen LogP contribution in [0.2, 0.25) is 5.02 Å². The standard InChI is InChI=1S/C19H32ClNO/c1-7-10-22-17-14(8-9-21)11-15(12-16(17)20)19(5,6)13-18(2,3)4/h11-12H,7-10,13,21H2,1-6H3. The highest BCUT2D eigenvalue weighted by Gasteiger charge is 2.28. The number of rotatable bonds is 7. The van der Waals surface area contributed by atoms with Crippen molar-refractivity contribution in [3.63, 3.8) is 0 Å². The summed E-state index contributed by atoms with van der Waals surface area (Å²) in [6.07, 6.45) is 2.85. The second kappa shape index (κ2) is 7.70. The molecular weight excluding hydrogens is 294 g/mol. The molecule has 0 amide bonds. The van der Waals surface area contributed by atoms with Gasteiger partial charge in [0.15, 0.2) is 0 Å². The zero-order chi connectivity index (χ0) is 17.0. The molecule has 0 spiro atoms. The number of nitrogens with two attached hydrogens (primary N) is 1. The topological polar surface area (TPSA) is 35.2 Å². The van der Waals surface area contributed by atoms with E-state index in [0.29, 0.717) is 18.2 Å². The number of ether oxygens (including phenoxy) is 1. The van der Waals surface area contributed by atoms with Crippen molar-refractivity contribution in [2.45, 2.75) is 66.2 Å². The summed E-state index contributed by atoms with van der Waals surface area (Å²) in [5, 5.41) is 0.705. The Labute approximate surface area is 141 Å². The average molecular weight is 326 g/mol. The summed E-state index contributed by atoms with van der Waals surface area (Å²) in [4.78, 5) is 0. The van der Waals surface area contributed by atoms with Gasteiger partial charge in [0.05, 0.1) is 11.6 Å². The Kier molecular flexibility index (Phi) is 6.76. The molecule has 2 nitrogen and oxygen atoms in total. The maximum atomic E-state index is 6.52. The Hall–Kier alpha value is -0.730. The molecule has 0 heterocycles. The van der Waals surface area contributed by atoms with Gasteiger partial charge in [0, 0.05) is 0 Å². The van der Waals surface area contributed by atoms with Crippen LogP contribution in [0.5, 0.6) is 5.75 Å². The van der Waals surface area contributed by atoms with Crippen LogP contribution in [0.3, 0.4) is 0 Å². The van der Waals surface area contributed by atoms with Crippen molar-refractivity contribution in [1.29, 1.82) is 0 Å². The van der Waals surface area contributed by atoms with Crippen LogP contribution in [-0.2, 0) is 11.8 Å². The van der Waals surface area contributed by atoms with Crippen molar-refractivity contribution in [1.82, 2.24) is 0 Å². The van der Waals surface area contributed by atoms with Gasteiger partial charge in [-0.2, -0.15) is 0 Å². The van der Waals surface area contributed by atoms with Crippen LogP contribution in [0.4, 0.5) is 0 Å². The zero-order valence-electron chi connectivity index (χ0n) is 15.1. The van der Waals surface area contributed by atoms with Crippen molar-refractivity contribution in [2.24, 2.45) is 11.1 Å². The minimum absolute atomic E-state index is 0.0640. The zero-order valence-corrected chi connectivity index (χ0v) is 15.8. The minimum Gasteiger partial charge on any atom is -0.492 e. The quantitative estimate of drug-likeness (QED) is 0.734. The van der Waals surface area contributed by atoms with Crippen LogP contribution in [0.15, 0.2) is 12.1 Å². The summed E-state index contributed by atoms with van der Waals surface area (Å²) in [6, 6.07) is 4.30. The van der Waals surface area contributed by atoms with Gasteiger partial charge in [-0.1, -0.05) is 59.2 Å². The first kappa shape index (κ1) is 19.3. The molecule has 2 N–H and O–H groups in total. The lowest BCUT2D eigenvalue weighted by atomic mass is 9.72. The molecular formula is C19H32ClNO. The SMILES string of the molecule is CCCOc1c(Cl)cc(C(C)(C)CC(C)(C)C)cc1CCN. The molecule has 126 valence electrons. The highest BCUT2D eigenvalue weighted by atomic mass is 35.5. The molecule has 0 aliphatic rings. The van der Waals surface area contributed by atoms with Crippen LogP contribution in [0.25, 0.3) is 0 Å². The van der Waals surface area contributed by atoms with Crippen molar-refractivity contribution in [3.05, 3.63) is 28.3 Å². The van der Waals surface area contributed by atoms with Crippen molar-refractivity contribution in [2.75, 3.05) is 13.2 Å². The number of hydrogen-bond donors (Lipinski definition) is 1. The summed E-state index contributed by atoms with van der Waals surface area (Å²) in [7, 11) is 0. The largest absolute Gasteiger partial charge is 0.492 e. The van der Waals surface area contributed by atoms with Crippen molar-refractivity contribution in [3.8, 4) is 5.75 Å². The number of hydrogen-bond acceptors (Lipinski definition) is 2. The molecule has 1 aromatic rings. The maximum Gasteiger partial charge on any atom is 0.141 e. The molecule has 0 unspecified atom stereocenters. The molecule has 0 aliphatic carbocycles. The van der Waals surface area contributed by atoms with Crippen LogP contribution in [-0.4, -0.2) is 13.2 Å². The second-order valence-corrected chi connectivity index (χ2v) is 8.36. The van der Waals surface area contributed by atoms with E-state index in [1.54, 1.807) is 0 Å². The summed E-state index contributed by atoms with van der Waals surface area (Å²) in [5.41, 5.74) is 8.49. The molecule has 0 fully saturated rings. The summed E-state index contributed by atoms with van der Waals surface area (Å²) in [6.45, 7) is 14.8. The molecule has 0 aliphatic heterocycles. The minimum atomic E-state index is 0.0640. The summed E-state index contributed by atoms with van der Waals surface area (Å²) in [5.74, 6) is 0.810.